The molecule has 1 aromatic carbocycles. The fraction of sp³-hybridized carbons (Fsp3) is 0.500. The van der Waals surface area contributed by atoms with Gasteiger partial charge >= 0.3 is 0 Å². The highest BCUT2D eigenvalue weighted by Gasteiger charge is 2.23. The van der Waals surface area contributed by atoms with Gasteiger partial charge in [0, 0.05) is 30.9 Å². The molecule has 5 heteroatoms. The number of nitrogens with one attached hydrogen (secondary N) is 1. The minimum absolute atomic E-state index is 0.509. The van der Waals surface area contributed by atoms with Crippen LogP contribution in [0, 0.1) is 6.92 Å². The third-order valence-corrected chi connectivity index (χ3v) is 4.63. The van der Waals surface area contributed by atoms with Crippen LogP contribution in [0.3, 0.4) is 0 Å². The van der Waals surface area contributed by atoms with Crippen LogP contribution in [0.2, 0.25) is 0 Å². The summed E-state index contributed by atoms with van der Waals surface area (Å²) in [6.07, 6.45) is 4.36. The van der Waals surface area contributed by atoms with Crippen LogP contribution in [0.15, 0.2) is 24.4 Å². The lowest BCUT2D eigenvalue weighted by Crippen LogP contribution is -2.34. The van der Waals surface area contributed by atoms with Crippen LogP contribution in [-0.4, -0.2) is 41.2 Å². The fourth-order valence-electron chi connectivity index (χ4n) is 3.51. The molecule has 1 aromatic heterocycles. The number of aromatic nitrogens is 2. The molecule has 2 aromatic rings. The third-order valence-electron chi connectivity index (χ3n) is 4.63. The first-order chi connectivity index (χ1) is 11.3. The van der Waals surface area contributed by atoms with Crippen LogP contribution in [0.25, 0.3) is 0 Å². The summed E-state index contributed by atoms with van der Waals surface area (Å²) in [6.45, 7) is 6.49. The van der Waals surface area contributed by atoms with Gasteiger partial charge in [-0.2, -0.15) is 0 Å². The van der Waals surface area contributed by atoms with Gasteiger partial charge in [0.2, 0.25) is 0 Å². The van der Waals surface area contributed by atoms with Crippen molar-refractivity contribution in [2.45, 2.75) is 32.2 Å². The van der Waals surface area contributed by atoms with E-state index >= 15 is 0 Å². The van der Waals surface area contributed by atoms with Crippen molar-refractivity contribution in [2.75, 3.05) is 26.3 Å². The molecule has 3 heterocycles. The van der Waals surface area contributed by atoms with Gasteiger partial charge in [-0.3, -0.25) is 4.90 Å². The van der Waals surface area contributed by atoms with Gasteiger partial charge in [0.15, 0.2) is 11.5 Å². The molecule has 2 aliphatic rings. The number of fused-ring (bicyclic) bond motifs is 1. The summed E-state index contributed by atoms with van der Waals surface area (Å²) in [6, 6.07) is 6.30. The zero-order valence-corrected chi connectivity index (χ0v) is 13.5. The lowest BCUT2D eigenvalue weighted by molar-refractivity contribution is 0.170. The number of imidazole rings is 1. The summed E-state index contributed by atoms with van der Waals surface area (Å²) in [5.41, 5.74) is 2.43. The molecule has 0 unspecified atom stereocenters. The SMILES string of the molecule is Cc1cnc([C@H]2CCCN(Cc3ccc4c(c3)OCCO4)C2)[nH]1. The molecular weight excluding hydrogens is 290 g/mol. The van der Waals surface area contributed by atoms with Crippen LogP contribution in [-0.2, 0) is 6.54 Å². The molecule has 0 amide bonds. The molecule has 1 atom stereocenters. The van der Waals surface area contributed by atoms with Gasteiger partial charge in [0.1, 0.15) is 19.0 Å². The maximum atomic E-state index is 5.69. The van der Waals surface area contributed by atoms with Gasteiger partial charge in [0.05, 0.1) is 0 Å². The Hall–Kier alpha value is -2.01. The summed E-state index contributed by atoms with van der Waals surface area (Å²) in [4.78, 5) is 10.4. The molecule has 5 nitrogen and oxygen atoms in total. The van der Waals surface area contributed by atoms with Crippen molar-refractivity contribution in [1.82, 2.24) is 14.9 Å². The number of piperidine rings is 1. The van der Waals surface area contributed by atoms with Gasteiger partial charge in [-0.1, -0.05) is 6.07 Å². The quantitative estimate of drug-likeness (QED) is 0.946. The van der Waals surface area contributed by atoms with Gasteiger partial charge < -0.3 is 14.5 Å². The third kappa shape index (κ3) is 3.20. The normalized spacial score (nSPS) is 21.3. The second-order valence-electron chi connectivity index (χ2n) is 6.50. The Labute approximate surface area is 136 Å². The van der Waals surface area contributed by atoms with E-state index in [1.165, 1.54) is 18.4 Å². The number of hydrogen-bond donors (Lipinski definition) is 1. The number of aryl methyl sites for hydroxylation is 1. The Morgan fingerprint density at radius 3 is 2.96 bits per heavy atom. The Morgan fingerprint density at radius 2 is 2.13 bits per heavy atom. The lowest BCUT2D eigenvalue weighted by Gasteiger charge is -2.32. The molecule has 0 saturated carbocycles. The highest BCUT2D eigenvalue weighted by molar-refractivity contribution is 5.43. The second kappa shape index (κ2) is 6.24. The predicted octanol–water partition coefficient (Wildman–Crippen LogP) is 2.87. The molecule has 1 saturated heterocycles. The Morgan fingerprint density at radius 1 is 1.26 bits per heavy atom. The first-order valence-electron chi connectivity index (χ1n) is 8.40. The van der Waals surface area contributed by atoms with Crippen molar-refractivity contribution in [2.24, 2.45) is 0 Å². The Balaban J connectivity index is 1.44. The summed E-state index contributed by atoms with van der Waals surface area (Å²) >= 11 is 0. The standard InChI is InChI=1S/C18H23N3O2/c1-13-10-19-18(20-13)15-3-2-6-21(12-15)11-14-4-5-16-17(9-14)23-8-7-22-16/h4-5,9-10,15H,2-3,6-8,11-12H2,1H3,(H,19,20)/t15-/m0/s1. The zero-order chi connectivity index (χ0) is 15.6. The average molecular weight is 313 g/mol. The van der Waals surface area contributed by atoms with Crippen LogP contribution in [0.1, 0.15) is 35.8 Å². The minimum atomic E-state index is 0.509. The first-order valence-corrected chi connectivity index (χ1v) is 8.40. The second-order valence-corrected chi connectivity index (χ2v) is 6.50. The van der Waals surface area contributed by atoms with Crippen LogP contribution < -0.4 is 9.47 Å². The number of nitrogens with zero attached hydrogens (tertiary/aromatic N) is 2. The summed E-state index contributed by atoms with van der Waals surface area (Å²) < 4.78 is 11.3. The monoisotopic (exact) mass is 313 g/mol. The average Bonchev–Trinajstić information content (AvgIpc) is 3.02. The lowest BCUT2D eigenvalue weighted by atomic mass is 9.97. The smallest absolute Gasteiger partial charge is 0.161 e. The molecular formula is C18H23N3O2. The zero-order valence-electron chi connectivity index (χ0n) is 13.5. The molecule has 2 aliphatic heterocycles. The number of rotatable bonds is 3. The van der Waals surface area contributed by atoms with E-state index in [4.69, 9.17) is 9.47 Å². The first kappa shape index (κ1) is 14.6. The summed E-state index contributed by atoms with van der Waals surface area (Å²) in [5.74, 6) is 3.38. The molecule has 4 rings (SSSR count). The van der Waals surface area contributed by atoms with E-state index in [1.54, 1.807) is 0 Å². The maximum absolute atomic E-state index is 5.69. The molecule has 0 bridgehead atoms. The number of H-pyrrole nitrogens is 1. The molecule has 122 valence electrons. The van der Waals surface area contributed by atoms with Crippen LogP contribution in [0.5, 0.6) is 11.5 Å². The number of benzene rings is 1. The molecule has 0 aliphatic carbocycles. The largest absolute Gasteiger partial charge is 0.486 e. The summed E-state index contributed by atoms with van der Waals surface area (Å²) in [7, 11) is 0. The fourth-order valence-corrected chi connectivity index (χ4v) is 3.51. The van der Waals surface area contributed by atoms with Crippen LogP contribution >= 0.6 is 0 Å². The Bertz CT molecular complexity index is 683. The van der Waals surface area contributed by atoms with E-state index in [0.717, 1.165) is 42.7 Å². The van der Waals surface area contributed by atoms with Gasteiger partial charge in [-0.25, -0.2) is 4.98 Å². The van der Waals surface area contributed by atoms with Gasteiger partial charge in [-0.15, -0.1) is 0 Å². The number of aromatic amines is 1. The molecule has 0 radical (unpaired) electrons. The van der Waals surface area contributed by atoms with E-state index in [-0.39, 0.29) is 0 Å². The van der Waals surface area contributed by atoms with Crippen molar-refractivity contribution < 1.29 is 9.47 Å². The van der Waals surface area contributed by atoms with Crippen molar-refractivity contribution in [3.63, 3.8) is 0 Å². The van der Waals surface area contributed by atoms with Crippen molar-refractivity contribution >= 4 is 0 Å². The number of ether oxygens (including phenoxy) is 2. The highest BCUT2D eigenvalue weighted by atomic mass is 16.6. The molecule has 1 N–H and O–H groups in total. The summed E-state index contributed by atoms with van der Waals surface area (Å²) in [5, 5.41) is 0. The highest BCUT2D eigenvalue weighted by Crippen LogP contribution is 2.32. The van der Waals surface area contributed by atoms with E-state index < -0.39 is 0 Å². The topological polar surface area (TPSA) is 50.4 Å². The van der Waals surface area contributed by atoms with E-state index in [0.29, 0.717) is 19.1 Å². The van der Waals surface area contributed by atoms with E-state index in [2.05, 4.69) is 33.9 Å². The number of likely N-dealkylation sites (tertiary alicyclic amines) is 1. The predicted molar refractivity (Wildman–Crippen MR) is 88.0 cm³/mol. The minimum Gasteiger partial charge on any atom is -0.486 e. The van der Waals surface area contributed by atoms with Gasteiger partial charge in [-0.05, 0) is 44.0 Å². The van der Waals surface area contributed by atoms with Gasteiger partial charge in [0.25, 0.3) is 0 Å². The van der Waals surface area contributed by atoms with Crippen molar-refractivity contribution in [3.8, 4) is 11.5 Å². The molecule has 0 spiro atoms. The van der Waals surface area contributed by atoms with Crippen LogP contribution in [0.4, 0.5) is 0 Å². The number of hydrogen-bond acceptors (Lipinski definition) is 4. The van der Waals surface area contributed by atoms with Crippen molar-refractivity contribution in [3.05, 3.63) is 41.5 Å². The molecule has 23 heavy (non-hydrogen) atoms. The Kier molecular flexibility index (Phi) is 3.95. The molecule has 1 fully saturated rings. The van der Waals surface area contributed by atoms with Crippen molar-refractivity contribution in [1.29, 1.82) is 0 Å². The van der Waals surface area contributed by atoms with E-state index in [9.17, 15) is 0 Å². The van der Waals surface area contributed by atoms with E-state index in [1.807, 2.05) is 12.3 Å². The maximum Gasteiger partial charge on any atom is 0.161 e.